The van der Waals surface area contributed by atoms with Crippen molar-refractivity contribution < 1.29 is 14.6 Å². The predicted molar refractivity (Wildman–Crippen MR) is 68.9 cm³/mol. The summed E-state index contributed by atoms with van der Waals surface area (Å²) in [6.45, 7) is 2.34. The maximum absolute atomic E-state index is 11.4. The number of nitrogens with one attached hydrogen (secondary N) is 1. The molecular formula is C12H16BrNO3. The molecule has 5 heteroatoms. The Morgan fingerprint density at radius 1 is 1.53 bits per heavy atom. The maximum Gasteiger partial charge on any atom is 0.257 e. The topological polar surface area (TPSA) is 58.6 Å². The third-order valence-corrected chi connectivity index (χ3v) is 2.81. The molecule has 1 rings (SSSR count). The Hall–Kier alpha value is -1.07. The standard InChI is InChI=1S/C12H16BrNO3/c1-9(7-15)6-14-12(16)8-17-11-5-3-2-4-10(11)13/h2-5,9,15H,6-8H2,1H3,(H,14,16)/t9-/m0/s1. The summed E-state index contributed by atoms with van der Waals surface area (Å²) >= 11 is 3.33. The van der Waals surface area contributed by atoms with Gasteiger partial charge < -0.3 is 15.2 Å². The van der Waals surface area contributed by atoms with Gasteiger partial charge in [-0.1, -0.05) is 19.1 Å². The van der Waals surface area contributed by atoms with Gasteiger partial charge in [-0.2, -0.15) is 0 Å². The third kappa shape index (κ3) is 5.19. The highest BCUT2D eigenvalue weighted by Gasteiger charge is 2.06. The molecule has 0 bridgehead atoms. The van der Waals surface area contributed by atoms with Crippen molar-refractivity contribution in [3.63, 3.8) is 0 Å². The highest BCUT2D eigenvalue weighted by atomic mass is 79.9. The Bertz CT molecular complexity index is 371. The van der Waals surface area contributed by atoms with Crippen LogP contribution in [0.5, 0.6) is 5.75 Å². The second kappa shape index (κ2) is 7.29. The van der Waals surface area contributed by atoms with Crippen LogP contribution in [0.4, 0.5) is 0 Å². The Balaban J connectivity index is 2.31. The lowest BCUT2D eigenvalue weighted by atomic mass is 10.2. The molecule has 0 spiro atoms. The molecule has 0 radical (unpaired) electrons. The number of rotatable bonds is 6. The van der Waals surface area contributed by atoms with E-state index in [9.17, 15) is 4.79 Å². The summed E-state index contributed by atoms with van der Waals surface area (Å²) in [6.07, 6.45) is 0. The fourth-order valence-electron chi connectivity index (χ4n) is 1.11. The van der Waals surface area contributed by atoms with Crippen LogP contribution in [0.25, 0.3) is 0 Å². The number of aliphatic hydroxyl groups is 1. The smallest absolute Gasteiger partial charge is 0.257 e. The van der Waals surface area contributed by atoms with Crippen LogP contribution in [0.1, 0.15) is 6.92 Å². The van der Waals surface area contributed by atoms with Crippen molar-refractivity contribution in [1.29, 1.82) is 0 Å². The summed E-state index contributed by atoms with van der Waals surface area (Å²) < 4.78 is 6.16. The molecule has 0 saturated carbocycles. The van der Waals surface area contributed by atoms with E-state index < -0.39 is 0 Å². The summed E-state index contributed by atoms with van der Waals surface area (Å²) in [4.78, 5) is 11.4. The zero-order chi connectivity index (χ0) is 12.7. The molecule has 2 N–H and O–H groups in total. The van der Waals surface area contributed by atoms with Gasteiger partial charge in [-0.15, -0.1) is 0 Å². The molecule has 0 aliphatic carbocycles. The first-order valence-corrected chi connectivity index (χ1v) is 6.17. The van der Waals surface area contributed by atoms with Gasteiger partial charge in [-0.25, -0.2) is 0 Å². The number of halogens is 1. The van der Waals surface area contributed by atoms with E-state index in [4.69, 9.17) is 9.84 Å². The average Bonchev–Trinajstić information content (AvgIpc) is 2.35. The van der Waals surface area contributed by atoms with E-state index in [1.165, 1.54) is 0 Å². The summed E-state index contributed by atoms with van der Waals surface area (Å²) in [7, 11) is 0. The molecule has 0 heterocycles. The number of ether oxygens (including phenoxy) is 1. The first-order valence-electron chi connectivity index (χ1n) is 5.38. The minimum absolute atomic E-state index is 0.0270. The maximum atomic E-state index is 11.4. The molecule has 1 atom stereocenters. The number of benzene rings is 1. The van der Waals surface area contributed by atoms with Crippen molar-refractivity contribution in [3.05, 3.63) is 28.7 Å². The molecule has 1 amide bonds. The zero-order valence-corrected chi connectivity index (χ0v) is 11.2. The van der Waals surface area contributed by atoms with Crippen molar-refractivity contribution in [2.75, 3.05) is 19.8 Å². The predicted octanol–water partition coefficient (Wildman–Crippen LogP) is 1.57. The van der Waals surface area contributed by atoms with Crippen molar-refractivity contribution in [2.24, 2.45) is 5.92 Å². The largest absolute Gasteiger partial charge is 0.483 e. The summed E-state index contributed by atoms with van der Waals surface area (Å²) in [5, 5.41) is 11.5. The van der Waals surface area contributed by atoms with E-state index in [0.717, 1.165) is 4.47 Å². The van der Waals surface area contributed by atoms with Crippen LogP contribution >= 0.6 is 15.9 Å². The van der Waals surface area contributed by atoms with Crippen molar-refractivity contribution >= 4 is 21.8 Å². The SMILES string of the molecule is C[C@H](CO)CNC(=O)COc1ccccc1Br. The van der Waals surface area contributed by atoms with Gasteiger partial charge in [0.2, 0.25) is 0 Å². The fraction of sp³-hybridized carbons (Fsp3) is 0.417. The van der Waals surface area contributed by atoms with E-state index in [0.29, 0.717) is 12.3 Å². The molecule has 94 valence electrons. The molecule has 0 aromatic heterocycles. The minimum atomic E-state index is -0.193. The lowest BCUT2D eigenvalue weighted by molar-refractivity contribution is -0.123. The molecular weight excluding hydrogens is 286 g/mol. The normalized spacial score (nSPS) is 11.9. The van der Waals surface area contributed by atoms with Gasteiger partial charge in [-0.3, -0.25) is 4.79 Å². The van der Waals surface area contributed by atoms with Crippen molar-refractivity contribution in [2.45, 2.75) is 6.92 Å². The number of amides is 1. The number of carbonyl (C=O) groups excluding carboxylic acids is 1. The Kier molecular flexibility index (Phi) is 6.00. The van der Waals surface area contributed by atoms with E-state index in [2.05, 4.69) is 21.2 Å². The number of para-hydroxylation sites is 1. The van der Waals surface area contributed by atoms with Gasteiger partial charge >= 0.3 is 0 Å². The molecule has 0 unspecified atom stereocenters. The molecule has 4 nitrogen and oxygen atoms in total. The third-order valence-electron chi connectivity index (χ3n) is 2.15. The van der Waals surface area contributed by atoms with Crippen molar-refractivity contribution in [1.82, 2.24) is 5.32 Å². The van der Waals surface area contributed by atoms with Crippen molar-refractivity contribution in [3.8, 4) is 5.75 Å². The first kappa shape index (κ1) is 14.0. The van der Waals surface area contributed by atoms with Crippen LogP contribution in [-0.4, -0.2) is 30.8 Å². The van der Waals surface area contributed by atoms with E-state index in [1.54, 1.807) is 6.07 Å². The van der Waals surface area contributed by atoms with E-state index in [1.807, 2.05) is 25.1 Å². The second-order valence-corrected chi connectivity index (χ2v) is 4.67. The molecule has 0 aliphatic heterocycles. The minimum Gasteiger partial charge on any atom is -0.483 e. The Labute approximate surface area is 109 Å². The zero-order valence-electron chi connectivity index (χ0n) is 9.65. The lowest BCUT2D eigenvalue weighted by Crippen LogP contribution is -2.33. The van der Waals surface area contributed by atoms with Gasteiger partial charge in [0.25, 0.3) is 5.91 Å². The summed E-state index contributed by atoms with van der Waals surface area (Å²) in [5.41, 5.74) is 0. The molecule has 0 saturated heterocycles. The number of carbonyl (C=O) groups is 1. The fourth-order valence-corrected chi connectivity index (χ4v) is 1.51. The summed E-state index contributed by atoms with van der Waals surface area (Å²) in [6, 6.07) is 7.35. The van der Waals surface area contributed by atoms with Crippen LogP contribution in [0.15, 0.2) is 28.7 Å². The van der Waals surface area contributed by atoms with Gasteiger partial charge in [0.05, 0.1) is 4.47 Å². The summed E-state index contributed by atoms with van der Waals surface area (Å²) in [5.74, 6) is 0.501. The molecule has 0 aliphatic rings. The molecule has 1 aromatic rings. The molecule has 0 fully saturated rings. The Morgan fingerprint density at radius 3 is 2.88 bits per heavy atom. The van der Waals surface area contributed by atoms with Crippen LogP contribution in [0.2, 0.25) is 0 Å². The van der Waals surface area contributed by atoms with E-state index >= 15 is 0 Å². The highest BCUT2D eigenvalue weighted by Crippen LogP contribution is 2.23. The van der Waals surface area contributed by atoms with Gasteiger partial charge in [0.1, 0.15) is 5.75 Å². The number of aliphatic hydroxyl groups excluding tert-OH is 1. The van der Waals surface area contributed by atoms with Crippen LogP contribution in [0.3, 0.4) is 0 Å². The van der Waals surface area contributed by atoms with Gasteiger partial charge in [0, 0.05) is 13.2 Å². The quantitative estimate of drug-likeness (QED) is 0.838. The van der Waals surface area contributed by atoms with Crippen LogP contribution in [0, 0.1) is 5.92 Å². The number of hydrogen-bond donors (Lipinski definition) is 2. The molecule has 17 heavy (non-hydrogen) atoms. The van der Waals surface area contributed by atoms with Crippen LogP contribution < -0.4 is 10.1 Å². The van der Waals surface area contributed by atoms with E-state index in [-0.39, 0.29) is 25.0 Å². The van der Waals surface area contributed by atoms with Gasteiger partial charge in [0.15, 0.2) is 6.61 Å². The molecule has 1 aromatic carbocycles. The Morgan fingerprint density at radius 2 is 2.24 bits per heavy atom. The monoisotopic (exact) mass is 301 g/mol. The van der Waals surface area contributed by atoms with Gasteiger partial charge in [-0.05, 0) is 34.0 Å². The highest BCUT2D eigenvalue weighted by molar-refractivity contribution is 9.10. The first-order chi connectivity index (χ1) is 8.13. The van der Waals surface area contributed by atoms with Crippen LogP contribution in [-0.2, 0) is 4.79 Å². The number of hydrogen-bond acceptors (Lipinski definition) is 3. The second-order valence-electron chi connectivity index (χ2n) is 3.81. The average molecular weight is 302 g/mol. The lowest BCUT2D eigenvalue weighted by Gasteiger charge is -2.11.